The molecule has 96 valence electrons. The van der Waals surface area contributed by atoms with Crippen LogP contribution in [0.3, 0.4) is 0 Å². The Morgan fingerprint density at radius 2 is 2.11 bits per heavy atom. The van der Waals surface area contributed by atoms with Crippen LogP contribution in [-0.2, 0) is 6.42 Å². The third-order valence-electron chi connectivity index (χ3n) is 2.68. The van der Waals surface area contributed by atoms with Gasteiger partial charge in [-0.1, -0.05) is 25.4 Å². The molecule has 0 amide bonds. The molecule has 3 nitrogen and oxygen atoms in total. The number of nitrogens with one attached hydrogen (secondary N) is 1. The number of rotatable bonds is 3. The number of pyridine rings is 1. The van der Waals surface area contributed by atoms with Crippen LogP contribution < -0.4 is 11.3 Å². The van der Waals surface area contributed by atoms with E-state index >= 15 is 0 Å². The van der Waals surface area contributed by atoms with Crippen LogP contribution in [0.25, 0.3) is 10.9 Å². The Morgan fingerprint density at radius 1 is 1.39 bits per heavy atom. The third-order valence-corrected chi connectivity index (χ3v) is 2.97. The zero-order valence-electron chi connectivity index (χ0n) is 10.3. The molecule has 1 aromatic carbocycles. The van der Waals surface area contributed by atoms with Gasteiger partial charge in [0.1, 0.15) is 5.82 Å². The molecule has 0 atom stereocenters. The molecule has 0 fully saturated rings. The number of nitrogens with zero attached hydrogens (tertiary/aromatic N) is 1. The number of hydrogen-bond donors (Lipinski definition) is 2. The van der Waals surface area contributed by atoms with E-state index in [9.17, 15) is 4.39 Å². The Kier molecular flexibility index (Phi) is 3.68. The number of hydrazine groups is 1. The lowest BCUT2D eigenvalue weighted by Gasteiger charge is -2.11. The maximum Gasteiger partial charge on any atom is 0.143 e. The standard InChI is InChI=1S/C13H15ClFN3/c1-7(2)3-8-4-13(18-16)9-5-10(14)11(15)6-12(9)17-8/h4-7H,3,16H2,1-2H3,(H,17,18). The van der Waals surface area contributed by atoms with E-state index in [1.54, 1.807) is 0 Å². The number of nitrogen functional groups attached to an aromatic ring is 1. The second-order valence-electron chi connectivity index (χ2n) is 4.69. The summed E-state index contributed by atoms with van der Waals surface area (Å²) in [7, 11) is 0. The van der Waals surface area contributed by atoms with Gasteiger partial charge in [-0.05, 0) is 24.5 Å². The molecule has 0 aliphatic rings. The highest BCUT2D eigenvalue weighted by Gasteiger charge is 2.10. The quantitative estimate of drug-likeness (QED) is 0.661. The summed E-state index contributed by atoms with van der Waals surface area (Å²) >= 11 is 5.77. The molecule has 0 bridgehead atoms. The molecule has 0 unspecified atom stereocenters. The fourth-order valence-electron chi connectivity index (χ4n) is 1.92. The van der Waals surface area contributed by atoms with Crippen molar-refractivity contribution in [3.05, 3.63) is 34.7 Å². The molecule has 0 spiro atoms. The number of anilines is 1. The number of hydrogen-bond acceptors (Lipinski definition) is 3. The largest absolute Gasteiger partial charge is 0.323 e. The van der Waals surface area contributed by atoms with Gasteiger partial charge < -0.3 is 5.43 Å². The van der Waals surface area contributed by atoms with Crippen LogP contribution in [0.2, 0.25) is 5.02 Å². The van der Waals surface area contributed by atoms with E-state index in [-0.39, 0.29) is 5.02 Å². The van der Waals surface area contributed by atoms with E-state index < -0.39 is 5.82 Å². The number of nitrogens with two attached hydrogens (primary N) is 1. The summed E-state index contributed by atoms with van der Waals surface area (Å²) in [4.78, 5) is 4.43. The van der Waals surface area contributed by atoms with Crippen LogP contribution in [0, 0.1) is 11.7 Å². The molecule has 0 saturated heterocycles. The van der Waals surface area contributed by atoms with E-state index in [1.807, 2.05) is 6.07 Å². The van der Waals surface area contributed by atoms with Crippen molar-refractivity contribution in [1.82, 2.24) is 4.98 Å². The van der Waals surface area contributed by atoms with Crippen molar-refractivity contribution in [3.8, 4) is 0 Å². The number of benzene rings is 1. The van der Waals surface area contributed by atoms with Crippen LogP contribution in [0.5, 0.6) is 0 Å². The molecule has 2 rings (SSSR count). The van der Waals surface area contributed by atoms with Crippen molar-refractivity contribution >= 4 is 28.2 Å². The van der Waals surface area contributed by atoms with Gasteiger partial charge in [-0.3, -0.25) is 10.8 Å². The molecule has 5 heteroatoms. The van der Waals surface area contributed by atoms with Crippen LogP contribution in [0.15, 0.2) is 18.2 Å². The highest BCUT2D eigenvalue weighted by molar-refractivity contribution is 6.31. The maximum atomic E-state index is 13.5. The average molecular weight is 268 g/mol. The van der Waals surface area contributed by atoms with E-state index in [1.165, 1.54) is 12.1 Å². The summed E-state index contributed by atoms with van der Waals surface area (Å²) < 4.78 is 13.5. The first-order valence-electron chi connectivity index (χ1n) is 5.76. The molecule has 18 heavy (non-hydrogen) atoms. The Morgan fingerprint density at radius 3 is 2.72 bits per heavy atom. The molecule has 3 N–H and O–H groups in total. The molecular weight excluding hydrogens is 253 g/mol. The first kappa shape index (κ1) is 13.1. The number of halogens is 2. The minimum absolute atomic E-state index is 0.0670. The Bertz CT molecular complexity index is 584. The summed E-state index contributed by atoms with van der Waals surface area (Å²) in [6.45, 7) is 4.20. The highest BCUT2D eigenvalue weighted by atomic mass is 35.5. The van der Waals surface area contributed by atoms with Gasteiger partial charge in [-0.2, -0.15) is 0 Å². The van der Waals surface area contributed by atoms with E-state index in [4.69, 9.17) is 17.4 Å². The van der Waals surface area contributed by atoms with Crippen molar-refractivity contribution in [2.45, 2.75) is 20.3 Å². The van der Waals surface area contributed by atoms with E-state index in [0.29, 0.717) is 17.1 Å². The lowest BCUT2D eigenvalue weighted by molar-refractivity contribution is 0.628. The summed E-state index contributed by atoms with van der Waals surface area (Å²) in [5, 5.41) is 0.786. The second kappa shape index (κ2) is 5.08. The molecule has 0 radical (unpaired) electrons. The van der Waals surface area contributed by atoms with Gasteiger partial charge in [0.25, 0.3) is 0 Å². The zero-order valence-corrected chi connectivity index (χ0v) is 11.1. The highest BCUT2D eigenvalue weighted by Crippen LogP contribution is 2.28. The van der Waals surface area contributed by atoms with Gasteiger partial charge in [0.05, 0.1) is 16.2 Å². The number of fused-ring (bicyclic) bond motifs is 1. The lowest BCUT2D eigenvalue weighted by atomic mass is 10.1. The monoisotopic (exact) mass is 267 g/mol. The molecule has 0 saturated carbocycles. The van der Waals surface area contributed by atoms with Gasteiger partial charge in [0.15, 0.2) is 0 Å². The minimum atomic E-state index is -0.471. The van der Waals surface area contributed by atoms with Gasteiger partial charge in [0, 0.05) is 17.1 Å². The first-order chi connectivity index (χ1) is 8.51. The van der Waals surface area contributed by atoms with E-state index in [0.717, 1.165) is 17.5 Å². The lowest BCUT2D eigenvalue weighted by Crippen LogP contribution is -2.09. The summed E-state index contributed by atoms with van der Waals surface area (Å²) in [6.07, 6.45) is 0.814. The zero-order chi connectivity index (χ0) is 13.3. The van der Waals surface area contributed by atoms with Crippen molar-refractivity contribution in [1.29, 1.82) is 0 Å². The molecule has 0 aliphatic carbocycles. The van der Waals surface area contributed by atoms with Gasteiger partial charge in [-0.15, -0.1) is 0 Å². The maximum absolute atomic E-state index is 13.5. The van der Waals surface area contributed by atoms with Crippen molar-refractivity contribution in [2.75, 3.05) is 5.43 Å². The smallest absolute Gasteiger partial charge is 0.143 e. The average Bonchev–Trinajstić information content (AvgIpc) is 2.29. The molecular formula is C13H15ClFN3. The Hall–Kier alpha value is -1.39. The first-order valence-corrected chi connectivity index (χ1v) is 6.14. The third kappa shape index (κ3) is 2.54. The van der Waals surface area contributed by atoms with Crippen molar-refractivity contribution in [2.24, 2.45) is 11.8 Å². The van der Waals surface area contributed by atoms with Gasteiger partial charge in [0.2, 0.25) is 0 Å². The fourth-order valence-corrected chi connectivity index (χ4v) is 2.08. The predicted molar refractivity (Wildman–Crippen MR) is 73.1 cm³/mol. The van der Waals surface area contributed by atoms with Crippen LogP contribution in [-0.4, -0.2) is 4.98 Å². The number of aromatic nitrogens is 1. The molecule has 1 heterocycles. The predicted octanol–water partition coefficient (Wildman–Crippen LogP) is 3.51. The summed E-state index contributed by atoms with van der Waals surface area (Å²) in [5.74, 6) is 5.49. The van der Waals surface area contributed by atoms with Gasteiger partial charge >= 0.3 is 0 Å². The molecule has 2 aromatic rings. The topological polar surface area (TPSA) is 50.9 Å². The molecule has 0 aliphatic heterocycles. The Labute approximate surface area is 110 Å². The fraction of sp³-hybridized carbons (Fsp3) is 0.308. The second-order valence-corrected chi connectivity index (χ2v) is 5.09. The van der Waals surface area contributed by atoms with Crippen LogP contribution in [0.1, 0.15) is 19.5 Å². The van der Waals surface area contributed by atoms with Crippen molar-refractivity contribution < 1.29 is 4.39 Å². The van der Waals surface area contributed by atoms with Crippen molar-refractivity contribution in [3.63, 3.8) is 0 Å². The SMILES string of the molecule is CC(C)Cc1cc(NN)c2cc(Cl)c(F)cc2n1. The van der Waals surface area contributed by atoms with E-state index in [2.05, 4.69) is 24.3 Å². The van der Waals surface area contributed by atoms with Crippen LogP contribution >= 0.6 is 11.6 Å². The summed E-state index contributed by atoms with van der Waals surface area (Å²) in [5.41, 5.74) is 4.76. The van der Waals surface area contributed by atoms with Crippen LogP contribution in [0.4, 0.5) is 10.1 Å². The molecule has 1 aromatic heterocycles. The minimum Gasteiger partial charge on any atom is -0.323 e. The normalized spacial score (nSPS) is 11.2. The van der Waals surface area contributed by atoms with Gasteiger partial charge in [-0.25, -0.2) is 4.39 Å². The Balaban J connectivity index is 2.63. The summed E-state index contributed by atoms with van der Waals surface area (Å²) in [6, 6.07) is 4.74.